The smallest absolute Gasteiger partial charge is 0.150 e. The lowest BCUT2D eigenvalue weighted by molar-refractivity contribution is 0.457. The standard InChI is InChI=1S/C13H14FN3S/c14-11-4-2-1-3-10(11)13-17-16-12(18-13)9-5-7-15-8-6-9/h1-4,9,15H,5-8H2. The molecule has 1 saturated heterocycles. The minimum atomic E-state index is -0.231. The second-order valence-electron chi connectivity index (χ2n) is 4.45. The van der Waals surface area contributed by atoms with Crippen LogP contribution in [0.1, 0.15) is 23.8 Å². The highest BCUT2D eigenvalue weighted by molar-refractivity contribution is 7.14. The van der Waals surface area contributed by atoms with E-state index in [9.17, 15) is 4.39 Å². The van der Waals surface area contributed by atoms with Crippen molar-refractivity contribution >= 4 is 11.3 Å². The number of hydrogen-bond acceptors (Lipinski definition) is 4. The summed E-state index contributed by atoms with van der Waals surface area (Å²) in [5.74, 6) is 0.245. The van der Waals surface area contributed by atoms with E-state index in [0.717, 1.165) is 30.9 Å². The first-order chi connectivity index (χ1) is 8.84. The van der Waals surface area contributed by atoms with Gasteiger partial charge in [-0.1, -0.05) is 23.5 Å². The lowest BCUT2D eigenvalue weighted by Crippen LogP contribution is -2.26. The molecule has 5 heteroatoms. The van der Waals surface area contributed by atoms with Crippen molar-refractivity contribution in [3.63, 3.8) is 0 Å². The minimum Gasteiger partial charge on any atom is -0.317 e. The monoisotopic (exact) mass is 263 g/mol. The van der Waals surface area contributed by atoms with Gasteiger partial charge in [0.2, 0.25) is 0 Å². The molecule has 0 amide bonds. The van der Waals surface area contributed by atoms with E-state index in [2.05, 4.69) is 15.5 Å². The fourth-order valence-electron chi connectivity index (χ4n) is 2.21. The summed E-state index contributed by atoms with van der Waals surface area (Å²) < 4.78 is 13.7. The number of piperidine rings is 1. The van der Waals surface area contributed by atoms with Gasteiger partial charge in [0.25, 0.3) is 0 Å². The Balaban J connectivity index is 1.87. The van der Waals surface area contributed by atoms with Gasteiger partial charge in [-0.2, -0.15) is 0 Å². The maximum Gasteiger partial charge on any atom is 0.150 e. The lowest BCUT2D eigenvalue weighted by Gasteiger charge is -2.19. The molecule has 1 aliphatic rings. The Hall–Kier alpha value is -1.33. The van der Waals surface area contributed by atoms with Gasteiger partial charge in [-0.15, -0.1) is 10.2 Å². The second kappa shape index (κ2) is 5.12. The molecule has 2 aromatic rings. The van der Waals surface area contributed by atoms with E-state index in [1.807, 2.05) is 6.07 Å². The van der Waals surface area contributed by atoms with Gasteiger partial charge in [0.1, 0.15) is 10.8 Å². The third kappa shape index (κ3) is 2.28. The van der Waals surface area contributed by atoms with Crippen LogP contribution in [-0.4, -0.2) is 23.3 Å². The van der Waals surface area contributed by atoms with Crippen LogP contribution < -0.4 is 5.32 Å². The van der Waals surface area contributed by atoms with Crippen LogP contribution in [0.25, 0.3) is 10.6 Å². The van der Waals surface area contributed by atoms with Crippen LogP contribution in [0.5, 0.6) is 0 Å². The molecular formula is C13H14FN3S. The summed E-state index contributed by atoms with van der Waals surface area (Å²) in [6, 6.07) is 6.72. The van der Waals surface area contributed by atoms with E-state index in [-0.39, 0.29) is 5.82 Å². The molecule has 3 rings (SSSR count). The van der Waals surface area contributed by atoms with E-state index in [1.165, 1.54) is 17.4 Å². The summed E-state index contributed by atoms with van der Waals surface area (Å²) in [6.45, 7) is 2.05. The Morgan fingerprint density at radius 2 is 1.94 bits per heavy atom. The molecule has 1 N–H and O–H groups in total. The molecule has 1 fully saturated rings. The van der Waals surface area contributed by atoms with Crippen LogP contribution in [0, 0.1) is 5.82 Å². The summed E-state index contributed by atoms with van der Waals surface area (Å²) >= 11 is 1.52. The fourth-order valence-corrected chi connectivity index (χ4v) is 3.25. The molecule has 0 spiro atoms. The molecule has 0 saturated carbocycles. The summed E-state index contributed by atoms with van der Waals surface area (Å²) in [6.07, 6.45) is 2.18. The number of halogens is 1. The number of benzene rings is 1. The van der Waals surface area contributed by atoms with Crippen molar-refractivity contribution in [2.75, 3.05) is 13.1 Å². The average molecular weight is 263 g/mol. The van der Waals surface area contributed by atoms with Crippen LogP contribution in [0.4, 0.5) is 4.39 Å². The van der Waals surface area contributed by atoms with E-state index >= 15 is 0 Å². The molecule has 1 aliphatic heterocycles. The van der Waals surface area contributed by atoms with Gasteiger partial charge in [-0.3, -0.25) is 0 Å². The molecular weight excluding hydrogens is 249 g/mol. The Bertz CT molecular complexity index is 535. The maximum absolute atomic E-state index is 13.7. The SMILES string of the molecule is Fc1ccccc1-c1nnc(C2CCNCC2)s1. The molecule has 0 unspecified atom stereocenters. The first kappa shape index (κ1) is 11.7. The van der Waals surface area contributed by atoms with Crippen LogP contribution in [0.15, 0.2) is 24.3 Å². The Kier molecular flexibility index (Phi) is 3.34. The lowest BCUT2D eigenvalue weighted by atomic mass is 9.99. The first-order valence-corrected chi connectivity index (χ1v) is 6.95. The normalized spacial score (nSPS) is 16.9. The zero-order chi connectivity index (χ0) is 12.4. The van der Waals surface area contributed by atoms with E-state index in [1.54, 1.807) is 12.1 Å². The van der Waals surface area contributed by atoms with E-state index in [0.29, 0.717) is 16.5 Å². The van der Waals surface area contributed by atoms with Crippen molar-refractivity contribution in [2.45, 2.75) is 18.8 Å². The number of rotatable bonds is 2. The summed E-state index contributed by atoms with van der Waals surface area (Å²) in [7, 11) is 0. The molecule has 3 nitrogen and oxygen atoms in total. The second-order valence-corrected chi connectivity index (χ2v) is 5.46. The number of nitrogens with one attached hydrogen (secondary N) is 1. The van der Waals surface area contributed by atoms with E-state index in [4.69, 9.17) is 0 Å². The third-order valence-electron chi connectivity index (χ3n) is 3.23. The van der Waals surface area contributed by atoms with Crippen molar-refractivity contribution < 1.29 is 4.39 Å². The average Bonchev–Trinajstić information content (AvgIpc) is 2.90. The molecule has 1 aromatic heterocycles. The predicted molar refractivity (Wildman–Crippen MR) is 70.1 cm³/mol. The maximum atomic E-state index is 13.7. The van der Waals surface area contributed by atoms with Gasteiger partial charge in [0.15, 0.2) is 5.01 Å². The van der Waals surface area contributed by atoms with Crippen molar-refractivity contribution in [3.05, 3.63) is 35.1 Å². The van der Waals surface area contributed by atoms with E-state index < -0.39 is 0 Å². The Morgan fingerprint density at radius 1 is 1.17 bits per heavy atom. The topological polar surface area (TPSA) is 37.8 Å². The predicted octanol–water partition coefficient (Wildman–Crippen LogP) is 2.81. The van der Waals surface area contributed by atoms with Crippen molar-refractivity contribution in [2.24, 2.45) is 0 Å². The molecule has 2 heterocycles. The molecule has 0 bridgehead atoms. The highest BCUT2D eigenvalue weighted by Crippen LogP contribution is 2.32. The molecule has 0 radical (unpaired) electrons. The summed E-state index contributed by atoms with van der Waals surface area (Å²) in [5.41, 5.74) is 0.551. The zero-order valence-electron chi connectivity index (χ0n) is 9.90. The van der Waals surface area contributed by atoms with Gasteiger partial charge >= 0.3 is 0 Å². The van der Waals surface area contributed by atoms with Crippen LogP contribution in [0.3, 0.4) is 0 Å². The van der Waals surface area contributed by atoms with Gasteiger partial charge in [0, 0.05) is 11.5 Å². The van der Waals surface area contributed by atoms with Crippen molar-refractivity contribution in [1.82, 2.24) is 15.5 Å². The molecule has 0 atom stereocenters. The van der Waals surface area contributed by atoms with Crippen LogP contribution in [-0.2, 0) is 0 Å². The minimum absolute atomic E-state index is 0.231. The van der Waals surface area contributed by atoms with Crippen LogP contribution in [0.2, 0.25) is 0 Å². The number of nitrogens with zero attached hydrogens (tertiary/aromatic N) is 2. The first-order valence-electron chi connectivity index (χ1n) is 6.13. The van der Waals surface area contributed by atoms with Crippen molar-refractivity contribution in [1.29, 1.82) is 0 Å². The molecule has 0 aliphatic carbocycles. The molecule has 94 valence electrons. The Morgan fingerprint density at radius 3 is 2.72 bits per heavy atom. The highest BCUT2D eigenvalue weighted by Gasteiger charge is 2.20. The number of hydrogen-bond donors (Lipinski definition) is 1. The summed E-state index contributed by atoms with van der Waals surface area (Å²) in [5, 5.41) is 13.4. The van der Waals surface area contributed by atoms with Gasteiger partial charge in [0.05, 0.1) is 0 Å². The quantitative estimate of drug-likeness (QED) is 0.905. The largest absolute Gasteiger partial charge is 0.317 e. The van der Waals surface area contributed by atoms with Gasteiger partial charge in [-0.25, -0.2) is 4.39 Å². The molecule has 18 heavy (non-hydrogen) atoms. The molecule has 1 aromatic carbocycles. The highest BCUT2D eigenvalue weighted by atomic mass is 32.1. The summed E-state index contributed by atoms with van der Waals surface area (Å²) in [4.78, 5) is 0. The van der Waals surface area contributed by atoms with Crippen molar-refractivity contribution in [3.8, 4) is 10.6 Å². The third-order valence-corrected chi connectivity index (χ3v) is 4.35. The zero-order valence-corrected chi connectivity index (χ0v) is 10.7. The van der Waals surface area contributed by atoms with Gasteiger partial charge in [-0.05, 0) is 38.1 Å². The number of aromatic nitrogens is 2. The van der Waals surface area contributed by atoms with Gasteiger partial charge < -0.3 is 5.32 Å². The fraction of sp³-hybridized carbons (Fsp3) is 0.385. The Labute approximate surface area is 109 Å². The van der Waals surface area contributed by atoms with Crippen LogP contribution >= 0.6 is 11.3 Å².